The topological polar surface area (TPSA) is 94.8 Å². The molecule has 1 aromatic heterocycles. The van der Waals surface area contributed by atoms with Gasteiger partial charge in [-0.1, -0.05) is 12.8 Å². The first-order valence-electron chi connectivity index (χ1n) is 6.78. The molecule has 2 fully saturated rings. The maximum absolute atomic E-state index is 12.1. The zero-order valence-corrected chi connectivity index (χ0v) is 10.6. The van der Waals surface area contributed by atoms with E-state index in [0.29, 0.717) is 5.92 Å². The second-order valence-corrected chi connectivity index (χ2v) is 5.50. The fourth-order valence-corrected chi connectivity index (χ4v) is 3.57. The van der Waals surface area contributed by atoms with Gasteiger partial charge in [-0.3, -0.25) is 14.6 Å². The number of rotatable bonds is 2. The molecule has 2 aliphatic rings. The Morgan fingerprint density at radius 2 is 2.05 bits per heavy atom. The minimum Gasteiger partial charge on any atom is -0.349 e. The Kier molecular flexibility index (Phi) is 3.00. The highest BCUT2D eigenvalue weighted by Gasteiger charge is 2.39. The number of hydrogen-bond acceptors (Lipinski definition) is 3. The normalized spacial score (nSPS) is 29.2. The molecule has 2 saturated carbocycles. The second-order valence-electron chi connectivity index (χ2n) is 5.50. The summed E-state index contributed by atoms with van der Waals surface area (Å²) in [6.45, 7) is 0. The van der Waals surface area contributed by atoms with Crippen molar-refractivity contribution < 1.29 is 4.79 Å². The van der Waals surface area contributed by atoms with Crippen LogP contribution in [0.2, 0.25) is 0 Å². The summed E-state index contributed by atoms with van der Waals surface area (Å²) in [7, 11) is 0. The van der Waals surface area contributed by atoms with Gasteiger partial charge in [0.2, 0.25) is 0 Å². The van der Waals surface area contributed by atoms with Crippen molar-refractivity contribution in [2.45, 2.75) is 38.1 Å². The van der Waals surface area contributed by atoms with Crippen LogP contribution in [0.3, 0.4) is 0 Å². The SMILES string of the molecule is O=C(N[C@@H]1CC[C@H]2CCC[C@H]21)c1c[nH]c(=O)[nH]c1=O. The van der Waals surface area contributed by atoms with E-state index in [9.17, 15) is 14.4 Å². The minimum atomic E-state index is -0.637. The molecule has 2 aliphatic carbocycles. The van der Waals surface area contributed by atoms with Crippen molar-refractivity contribution in [1.29, 1.82) is 0 Å². The molecular weight excluding hydrogens is 246 g/mol. The number of carbonyl (C=O) groups excluding carboxylic acids is 1. The third-order valence-corrected chi connectivity index (χ3v) is 4.46. The van der Waals surface area contributed by atoms with Gasteiger partial charge in [-0.05, 0) is 31.1 Å². The van der Waals surface area contributed by atoms with Gasteiger partial charge in [-0.2, -0.15) is 0 Å². The molecule has 19 heavy (non-hydrogen) atoms. The van der Waals surface area contributed by atoms with Gasteiger partial charge >= 0.3 is 5.69 Å². The lowest BCUT2D eigenvalue weighted by Gasteiger charge is -2.19. The van der Waals surface area contributed by atoms with Crippen molar-refractivity contribution in [3.63, 3.8) is 0 Å². The van der Waals surface area contributed by atoms with Crippen LogP contribution >= 0.6 is 0 Å². The number of hydrogen-bond donors (Lipinski definition) is 3. The zero-order chi connectivity index (χ0) is 13.4. The highest BCUT2D eigenvalue weighted by atomic mass is 16.2. The predicted molar refractivity (Wildman–Crippen MR) is 69.0 cm³/mol. The molecule has 0 spiro atoms. The van der Waals surface area contributed by atoms with Gasteiger partial charge in [0.15, 0.2) is 0 Å². The van der Waals surface area contributed by atoms with Crippen molar-refractivity contribution in [2.75, 3.05) is 0 Å². The van der Waals surface area contributed by atoms with Crippen molar-refractivity contribution >= 4 is 5.91 Å². The van der Waals surface area contributed by atoms with Gasteiger partial charge in [0.1, 0.15) is 5.56 Å². The van der Waals surface area contributed by atoms with Crippen LogP contribution in [0.1, 0.15) is 42.5 Å². The smallest absolute Gasteiger partial charge is 0.325 e. The van der Waals surface area contributed by atoms with Gasteiger partial charge in [-0.25, -0.2) is 4.79 Å². The van der Waals surface area contributed by atoms with Crippen LogP contribution in [0.5, 0.6) is 0 Å². The molecule has 1 amide bonds. The zero-order valence-electron chi connectivity index (χ0n) is 10.6. The third-order valence-electron chi connectivity index (χ3n) is 4.46. The molecule has 0 radical (unpaired) electrons. The molecule has 3 rings (SSSR count). The Balaban J connectivity index is 1.75. The Morgan fingerprint density at radius 1 is 1.21 bits per heavy atom. The Bertz CT molecular complexity index is 604. The maximum atomic E-state index is 12.1. The summed E-state index contributed by atoms with van der Waals surface area (Å²) < 4.78 is 0. The molecule has 0 aliphatic heterocycles. The molecule has 3 N–H and O–H groups in total. The minimum absolute atomic E-state index is 0.0268. The van der Waals surface area contributed by atoms with Crippen LogP contribution in [0.15, 0.2) is 15.8 Å². The lowest BCUT2D eigenvalue weighted by atomic mass is 9.97. The standard InChI is InChI=1S/C13H17N3O3/c17-11(9-6-14-13(19)16-12(9)18)15-10-5-4-7-2-1-3-8(7)10/h6-8,10H,1-5H2,(H,15,17)(H2,14,16,18,19)/t7-,8-,10-/m1/s1. The van der Waals surface area contributed by atoms with E-state index in [1.54, 1.807) is 0 Å². The molecule has 0 aromatic carbocycles. The van der Waals surface area contributed by atoms with E-state index in [1.165, 1.54) is 19.0 Å². The number of amides is 1. The molecule has 0 unspecified atom stereocenters. The molecule has 3 atom stereocenters. The first-order chi connectivity index (χ1) is 9.15. The first-order valence-corrected chi connectivity index (χ1v) is 6.78. The first kappa shape index (κ1) is 12.2. The molecule has 6 heteroatoms. The average molecular weight is 263 g/mol. The molecule has 1 aromatic rings. The van der Waals surface area contributed by atoms with Gasteiger partial charge in [0.25, 0.3) is 11.5 Å². The van der Waals surface area contributed by atoms with E-state index < -0.39 is 17.2 Å². The van der Waals surface area contributed by atoms with Crippen molar-refractivity contribution in [2.24, 2.45) is 11.8 Å². The van der Waals surface area contributed by atoms with Crippen molar-refractivity contribution in [3.8, 4) is 0 Å². The van der Waals surface area contributed by atoms with Crippen LogP contribution in [0, 0.1) is 11.8 Å². The third kappa shape index (κ3) is 2.22. The van der Waals surface area contributed by atoms with E-state index in [1.807, 2.05) is 0 Å². The summed E-state index contributed by atoms with van der Waals surface area (Å²) in [6, 6.07) is 0.173. The molecule has 0 saturated heterocycles. The maximum Gasteiger partial charge on any atom is 0.325 e. The summed E-state index contributed by atoms with van der Waals surface area (Å²) in [5.41, 5.74) is -1.26. The summed E-state index contributed by atoms with van der Waals surface area (Å²) >= 11 is 0. The van der Waals surface area contributed by atoms with Crippen LogP contribution in [0.4, 0.5) is 0 Å². The van der Waals surface area contributed by atoms with Crippen LogP contribution < -0.4 is 16.6 Å². The largest absolute Gasteiger partial charge is 0.349 e. The van der Waals surface area contributed by atoms with Gasteiger partial charge in [0.05, 0.1) is 0 Å². The lowest BCUT2D eigenvalue weighted by Crippen LogP contribution is -2.41. The van der Waals surface area contributed by atoms with Gasteiger partial charge in [0, 0.05) is 12.2 Å². The predicted octanol–water partition coefficient (Wildman–Crippen LogP) is 0.372. The Hall–Kier alpha value is -1.85. The summed E-state index contributed by atoms with van der Waals surface area (Å²) in [5, 5.41) is 2.95. The summed E-state index contributed by atoms with van der Waals surface area (Å²) in [6.07, 6.45) is 6.99. The van der Waals surface area contributed by atoms with Crippen molar-refractivity contribution in [3.05, 3.63) is 32.6 Å². The van der Waals surface area contributed by atoms with E-state index >= 15 is 0 Å². The van der Waals surface area contributed by atoms with Crippen LogP contribution in [-0.2, 0) is 0 Å². The van der Waals surface area contributed by atoms with Gasteiger partial charge in [-0.15, -0.1) is 0 Å². The molecule has 1 heterocycles. The summed E-state index contributed by atoms with van der Waals surface area (Å²) in [4.78, 5) is 38.9. The highest BCUT2D eigenvalue weighted by molar-refractivity contribution is 5.93. The molecule has 102 valence electrons. The van der Waals surface area contributed by atoms with Crippen LogP contribution in [-0.4, -0.2) is 21.9 Å². The van der Waals surface area contributed by atoms with E-state index in [2.05, 4.69) is 15.3 Å². The molecule has 0 bridgehead atoms. The second kappa shape index (κ2) is 4.68. The lowest BCUT2D eigenvalue weighted by molar-refractivity contribution is 0.0924. The van der Waals surface area contributed by atoms with Crippen molar-refractivity contribution in [1.82, 2.24) is 15.3 Å². The van der Waals surface area contributed by atoms with Crippen LogP contribution in [0.25, 0.3) is 0 Å². The van der Waals surface area contributed by atoms with E-state index in [4.69, 9.17) is 0 Å². The highest BCUT2D eigenvalue weighted by Crippen LogP contribution is 2.43. The number of aromatic nitrogens is 2. The quantitative estimate of drug-likeness (QED) is 0.719. The number of aromatic amines is 2. The van der Waals surface area contributed by atoms with E-state index in [0.717, 1.165) is 25.2 Å². The fraction of sp³-hybridized carbons (Fsp3) is 0.615. The van der Waals surface area contributed by atoms with E-state index in [-0.39, 0.29) is 11.6 Å². The van der Waals surface area contributed by atoms with Gasteiger partial charge < -0.3 is 10.3 Å². The number of carbonyl (C=O) groups is 1. The Labute approximate surface area is 109 Å². The Morgan fingerprint density at radius 3 is 2.84 bits per heavy atom. The fourth-order valence-electron chi connectivity index (χ4n) is 3.57. The monoisotopic (exact) mass is 263 g/mol. The number of nitrogens with one attached hydrogen (secondary N) is 3. The molecule has 6 nitrogen and oxygen atoms in total. The molecular formula is C13H17N3O3. The summed E-state index contributed by atoms with van der Waals surface area (Å²) in [5.74, 6) is 0.903. The average Bonchev–Trinajstić information content (AvgIpc) is 2.94. The number of fused-ring (bicyclic) bond motifs is 1. The number of H-pyrrole nitrogens is 2.